The van der Waals surface area contributed by atoms with Crippen LogP contribution in [0.3, 0.4) is 0 Å². The first-order valence-corrected chi connectivity index (χ1v) is 23.7. The van der Waals surface area contributed by atoms with Crippen molar-refractivity contribution in [2.75, 3.05) is 4.90 Å². The number of benzene rings is 1. The van der Waals surface area contributed by atoms with Crippen LogP contribution in [0.2, 0.25) is 0 Å². The minimum Gasteiger partial charge on any atom is -0.361 e. The zero-order valence-corrected chi connectivity index (χ0v) is 35.5. The number of amidine groups is 2. The second-order valence-corrected chi connectivity index (χ2v) is 20.0. The van der Waals surface area contributed by atoms with Crippen LogP contribution in [0.1, 0.15) is 118 Å². The van der Waals surface area contributed by atoms with E-state index < -0.39 is 0 Å². The standard InChI is InChI=1S/C53H60N4S/c1-52(51-55-49(36-19-9-4-10-20-36)54-50(56-51)37-21-11-5-12-22-37)34-39(35-17-7-3-8-18-35)28-31-43(52)38-27-29-41-42-30-32-47-53(2,48(42)58-46(41)33-38)44-25-15-16-26-45(44)57(47)40-23-13-6-14-24-40/h3-4,6-7,9,11,13-14,19,21,23-25,28,31,33-35,37,43,45,47,49H,5,8,10,12,15-18,20,22,26-27,29-30,32H2,1-2H3,(H,54,55,56). The quantitative estimate of drug-likeness (QED) is 0.296. The van der Waals surface area contributed by atoms with Gasteiger partial charge in [0.25, 0.3) is 0 Å². The van der Waals surface area contributed by atoms with Crippen LogP contribution in [0.5, 0.6) is 0 Å². The fraction of sp³-hybridized carbons (Fsp3) is 0.472. The van der Waals surface area contributed by atoms with Crippen LogP contribution in [0.25, 0.3) is 6.08 Å². The van der Waals surface area contributed by atoms with Gasteiger partial charge in [0.15, 0.2) is 6.17 Å². The van der Waals surface area contributed by atoms with Gasteiger partial charge >= 0.3 is 0 Å². The zero-order chi connectivity index (χ0) is 38.8. The summed E-state index contributed by atoms with van der Waals surface area (Å²) in [5, 5.41) is 4.00. The van der Waals surface area contributed by atoms with Gasteiger partial charge in [0.2, 0.25) is 0 Å². The molecule has 8 unspecified atom stereocenters. The smallest absolute Gasteiger partial charge is 0.165 e. The molecule has 2 aromatic rings. The Kier molecular flexibility index (Phi) is 9.40. The van der Waals surface area contributed by atoms with Gasteiger partial charge in [-0.1, -0.05) is 90.6 Å². The number of thiophene rings is 1. The molecule has 8 atom stereocenters. The summed E-state index contributed by atoms with van der Waals surface area (Å²) in [6, 6.07) is 12.4. The zero-order valence-electron chi connectivity index (χ0n) is 34.6. The molecule has 4 nitrogen and oxygen atoms in total. The number of para-hydroxylation sites is 1. The van der Waals surface area contributed by atoms with Gasteiger partial charge in [0.05, 0.1) is 11.5 Å². The van der Waals surface area contributed by atoms with Crippen molar-refractivity contribution in [1.29, 1.82) is 0 Å². The van der Waals surface area contributed by atoms with Gasteiger partial charge in [-0.05, 0) is 162 Å². The molecule has 1 fully saturated rings. The van der Waals surface area contributed by atoms with Crippen molar-refractivity contribution in [3.63, 3.8) is 0 Å². The second kappa shape index (κ2) is 14.8. The lowest BCUT2D eigenvalue weighted by Gasteiger charge is -2.43. The van der Waals surface area contributed by atoms with E-state index in [1.165, 1.54) is 79.5 Å². The third-order valence-corrected chi connectivity index (χ3v) is 17.1. The van der Waals surface area contributed by atoms with Crippen LogP contribution in [-0.2, 0) is 18.3 Å². The summed E-state index contributed by atoms with van der Waals surface area (Å²) in [5.74, 6) is 3.35. The molecular formula is C53H60N4S. The van der Waals surface area contributed by atoms with E-state index in [-0.39, 0.29) is 22.9 Å². The van der Waals surface area contributed by atoms with Crippen molar-refractivity contribution in [3.05, 3.63) is 140 Å². The molecule has 1 aromatic carbocycles. The number of hydrogen-bond donors (Lipinski definition) is 1. The van der Waals surface area contributed by atoms with Gasteiger partial charge in [-0.2, -0.15) is 0 Å². The number of allylic oxidation sites excluding steroid dienone is 11. The predicted molar refractivity (Wildman–Crippen MR) is 245 cm³/mol. The molecule has 0 amide bonds. The number of hydrogen-bond acceptors (Lipinski definition) is 5. The number of nitrogens with one attached hydrogen (secondary N) is 1. The molecule has 7 aliphatic carbocycles. The molecule has 298 valence electrons. The Morgan fingerprint density at radius 1 is 0.810 bits per heavy atom. The number of anilines is 1. The summed E-state index contributed by atoms with van der Waals surface area (Å²) >= 11 is 2.15. The van der Waals surface area contributed by atoms with Crippen LogP contribution in [0.15, 0.2) is 129 Å². The first-order valence-electron chi connectivity index (χ1n) is 22.9. The largest absolute Gasteiger partial charge is 0.361 e. The van der Waals surface area contributed by atoms with E-state index in [1.807, 2.05) is 0 Å². The van der Waals surface area contributed by atoms with E-state index in [1.54, 1.807) is 27.2 Å². The van der Waals surface area contributed by atoms with Crippen LogP contribution in [-0.4, -0.2) is 29.9 Å². The van der Waals surface area contributed by atoms with E-state index in [9.17, 15) is 0 Å². The van der Waals surface area contributed by atoms with Gasteiger partial charge in [0, 0.05) is 38.7 Å². The molecule has 9 aliphatic rings. The van der Waals surface area contributed by atoms with Gasteiger partial charge in [-0.15, -0.1) is 11.3 Å². The van der Waals surface area contributed by atoms with Crippen LogP contribution in [0, 0.1) is 23.2 Å². The highest BCUT2D eigenvalue weighted by atomic mass is 32.1. The molecule has 1 N–H and O–H groups in total. The lowest BCUT2D eigenvalue weighted by Crippen LogP contribution is -2.51. The Labute approximate surface area is 350 Å². The summed E-state index contributed by atoms with van der Waals surface area (Å²) < 4.78 is 0. The number of nitrogens with zero attached hydrogens (tertiary/aromatic N) is 3. The number of rotatable bonds is 6. The van der Waals surface area contributed by atoms with Crippen molar-refractivity contribution in [3.8, 4) is 0 Å². The maximum atomic E-state index is 5.65. The van der Waals surface area contributed by atoms with E-state index >= 15 is 0 Å². The van der Waals surface area contributed by atoms with Gasteiger partial charge in [-0.25, -0.2) is 9.98 Å². The Morgan fingerprint density at radius 2 is 1.72 bits per heavy atom. The first kappa shape index (κ1) is 36.8. The van der Waals surface area contributed by atoms with Crippen molar-refractivity contribution in [2.24, 2.45) is 33.2 Å². The molecule has 1 saturated heterocycles. The number of fused-ring (bicyclic) bond motifs is 7. The average Bonchev–Trinajstić information content (AvgIpc) is 3.80. The monoisotopic (exact) mass is 784 g/mol. The highest BCUT2D eigenvalue weighted by Gasteiger charge is 2.57. The topological polar surface area (TPSA) is 40.0 Å². The normalized spacial score (nSPS) is 35.0. The highest BCUT2D eigenvalue weighted by Crippen LogP contribution is 2.59. The maximum Gasteiger partial charge on any atom is 0.165 e. The molecule has 0 saturated carbocycles. The third kappa shape index (κ3) is 6.03. The van der Waals surface area contributed by atoms with Gasteiger partial charge in [-0.3, -0.25) is 0 Å². The molecule has 2 aliphatic heterocycles. The van der Waals surface area contributed by atoms with Crippen LogP contribution < -0.4 is 10.2 Å². The van der Waals surface area contributed by atoms with Crippen molar-refractivity contribution < 1.29 is 0 Å². The minimum atomic E-state index is -0.312. The van der Waals surface area contributed by atoms with Crippen LogP contribution in [0.4, 0.5) is 5.69 Å². The molecular weight excluding hydrogens is 725 g/mol. The van der Waals surface area contributed by atoms with E-state index in [2.05, 4.69) is 139 Å². The Bertz CT molecular complexity index is 2290. The first-order chi connectivity index (χ1) is 28.5. The fourth-order valence-corrected chi connectivity index (χ4v) is 14.2. The molecule has 3 heterocycles. The Balaban J connectivity index is 0.992. The molecule has 11 rings (SSSR count). The predicted octanol–water partition coefficient (Wildman–Crippen LogP) is 12.5. The second-order valence-electron chi connectivity index (χ2n) is 19.0. The van der Waals surface area contributed by atoms with E-state index in [0.29, 0.717) is 23.9 Å². The van der Waals surface area contributed by atoms with Crippen molar-refractivity contribution in [2.45, 2.75) is 134 Å². The summed E-state index contributed by atoms with van der Waals surface area (Å²) in [5.41, 5.74) is 10.6. The number of aliphatic imine (C=N–C) groups is 2. The lowest BCUT2D eigenvalue weighted by atomic mass is 9.64. The molecule has 5 heteroatoms. The third-order valence-electron chi connectivity index (χ3n) is 15.7. The average molecular weight is 785 g/mol. The Morgan fingerprint density at radius 3 is 2.55 bits per heavy atom. The summed E-state index contributed by atoms with van der Waals surface area (Å²) in [7, 11) is 0. The molecule has 0 bridgehead atoms. The fourth-order valence-electron chi connectivity index (χ4n) is 12.6. The van der Waals surface area contributed by atoms with Crippen molar-refractivity contribution in [1.82, 2.24) is 5.32 Å². The molecule has 58 heavy (non-hydrogen) atoms. The SMILES string of the molecule is CC1(C2=NC(C3=CC=CCC3)N=C(C3C=CCCC3)N2)C=C(C2CC=CCC2)C=CC1C1=Cc2sc3c(c2CC1)CCC1N(c2ccccc2)C2CCCC=C2C31C. The van der Waals surface area contributed by atoms with Crippen molar-refractivity contribution >= 4 is 34.8 Å². The summed E-state index contributed by atoms with van der Waals surface area (Å²) in [6.45, 7) is 5.13. The van der Waals surface area contributed by atoms with Crippen LogP contribution >= 0.6 is 11.3 Å². The molecule has 0 radical (unpaired) electrons. The molecule has 0 spiro atoms. The summed E-state index contributed by atoms with van der Waals surface area (Å²) in [4.78, 5) is 17.1. The van der Waals surface area contributed by atoms with Gasteiger partial charge < -0.3 is 10.2 Å². The van der Waals surface area contributed by atoms with Gasteiger partial charge in [0.1, 0.15) is 11.7 Å². The lowest BCUT2D eigenvalue weighted by molar-refractivity contribution is 0.423. The van der Waals surface area contributed by atoms with E-state index in [4.69, 9.17) is 9.98 Å². The molecule has 1 aromatic heterocycles. The minimum absolute atomic E-state index is 0.0674. The Hall–Kier alpha value is -4.22. The highest BCUT2D eigenvalue weighted by molar-refractivity contribution is 7.13. The van der Waals surface area contributed by atoms with E-state index in [0.717, 1.165) is 50.2 Å². The summed E-state index contributed by atoms with van der Waals surface area (Å²) in [6.07, 6.45) is 46.9. The maximum absolute atomic E-state index is 5.65.